The summed E-state index contributed by atoms with van der Waals surface area (Å²) in [4.78, 5) is 22.6. The van der Waals surface area contributed by atoms with E-state index in [9.17, 15) is 4.79 Å². The summed E-state index contributed by atoms with van der Waals surface area (Å²) < 4.78 is 0. The largest absolute Gasteiger partial charge is 0.395 e. The van der Waals surface area contributed by atoms with E-state index >= 15 is 0 Å². The van der Waals surface area contributed by atoms with Crippen molar-refractivity contribution in [3.8, 4) is 11.1 Å². The molecule has 0 atom stereocenters. The Kier molecular flexibility index (Phi) is 6.49. The highest BCUT2D eigenvalue weighted by Gasteiger charge is 2.06. The van der Waals surface area contributed by atoms with Crippen molar-refractivity contribution in [2.24, 2.45) is 0 Å². The van der Waals surface area contributed by atoms with Crippen LogP contribution >= 0.6 is 0 Å². The van der Waals surface area contributed by atoms with Crippen molar-refractivity contribution in [2.75, 3.05) is 30.4 Å². The first-order chi connectivity index (χ1) is 13.7. The number of nitrogens with zero attached hydrogens (tertiary/aromatic N) is 3. The van der Waals surface area contributed by atoms with Crippen LogP contribution < -0.4 is 10.2 Å². The number of aliphatic hydroxyl groups excluding tert-OH is 1. The van der Waals surface area contributed by atoms with Crippen LogP contribution in [0.1, 0.15) is 5.56 Å². The third-order valence-electron chi connectivity index (χ3n) is 4.14. The van der Waals surface area contributed by atoms with E-state index < -0.39 is 0 Å². The summed E-state index contributed by atoms with van der Waals surface area (Å²) in [7, 11) is 1.87. The van der Waals surface area contributed by atoms with Crippen LogP contribution in [0, 0.1) is 0 Å². The maximum Gasteiger partial charge on any atom is 0.249 e. The number of aromatic nitrogens is 2. The topological polar surface area (TPSA) is 78.4 Å². The number of carbonyl (C=O) groups excluding carboxylic acids is 1. The molecule has 28 heavy (non-hydrogen) atoms. The maximum absolute atomic E-state index is 12.2. The van der Waals surface area contributed by atoms with Crippen LogP contribution in [0.15, 0.2) is 73.1 Å². The molecule has 0 aliphatic carbocycles. The first-order valence-electron chi connectivity index (χ1n) is 8.94. The molecule has 2 N–H and O–H groups in total. The van der Waals surface area contributed by atoms with E-state index in [1.165, 1.54) is 6.08 Å². The number of carbonyl (C=O) groups is 1. The normalized spacial score (nSPS) is 10.8. The second-order valence-electron chi connectivity index (χ2n) is 6.21. The van der Waals surface area contributed by atoms with E-state index in [2.05, 4.69) is 15.3 Å². The molecular weight excluding hydrogens is 352 g/mol. The highest BCUT2D eigenvalue weighted by Crippen LogP contribution is 2.24. The molecule has 3 aromatic rings. The Bertz CT molecular complexity index is 958. The third kappa shape index (κ3) is 5.25. The van der Waals surface area contributed by atoms with Crippen LogP contribution in [0.5, 0.6) is 0 Å². The molecule has 0 saturated heterocycles. The average Bonchev–Trinajstić information content (AvgIpc) is 2.73. The molecule has 3 rings (SSSR count). The molecule has 1 amide bonds. The zero-order chi connectivity index (χ0) is 19.8. The lowest BCUT2D eigenvalue weighted by Crippen LogP contribution is -2.22. The number of aliphatic hydroxyl groups is 1. The van der Waals surface area contributed by atoms with Crippen molar-refractivity contribution in [2.45, 2.75) is 0 Å². The van der Waals surface area contributed by atoms with Gasteiger partial charge in [-0.25, -0.2) is 9.97 Å². The summed E-state index contributed by atoms with van der Waals surface area (Å²) >= 11 is 0. The van der Waals surface area contributed by atoms with Gasteiger partial charge in [0.1, 0.15) is 11.6 Å². The van der Waals surface area contributed by atoms with Gasteiger partial charge in [0.05, 0.1) is 6.61 Å². The summed E-state index contributed by atoms with van der Waals surface area (Å²) in [5.41, 5.74) is 2.82. The predicted molar refractivity (Wildman–Crippen MR) is 112 cm³/mol. The third-order valence-corrected chi connectivity index (χ3v) is 4.14. The Morgan fingerprint density at radius 3 is 2.54 bits per heavy atom. The minimum atomic E-state index is -0.244. The van der Waals surface area contributed by atoms with Crippen LogP contribution in [-0.2, 0) is 4.79 Å². The predicted octanol–water partition coefficient (Wildman–Crippen LogP) is 3.22. The van der Waals surface area contributed by atoms with Gasteiger partial charge < -0.3 is 15.3 Å². The molecule has 0 radical (unpaired) electrons. The van der Waals surface area contributed by atoms with Crippen molar-refractivity contribution in [3.63, 3.8) is 0 Å². The van der Waals surface area contributed by atoms with Gasteiger partial charge in [-0.15, -0.1) is 0 Å². The van der Waals surface area contributed by atoms with Crippen molar-refractivity contribution in [3.05, 3.63) is 78.6 Å². The second kappa shape index (κ2) is 9.43. The molecule has 0 saturated carbocycles. The van der Waals surface area contributed by atoms with Gasteiger partial charge in [-0.1, -0.05) is 30.3 Å². The van der Waals surface area contributed by atoms with Crippen molar-refractivity contribution in [1.29, 1.82) is 0 Å². The monoisotopic (exact) mass is 374 g/mol. The lowest BCUT2D eigenvalue weighted by atomic mass is 10.1. The van der Waals surface area contributed by atoms with E-state index in [1.807, 2.05) is 66.5 Å². The van der Waals surface area contributed by atoms with Crippen LogP contribution in [0.3, 0.4) is 0 Å². The summed E-state index contributed by atoms with van der Waals surface area (Å²) in [5.74, 6) is 0.994. The number of pyridine rings is 2. The maximum atomic E-state index is 12.2. The molecule has 6 nitrogen and oxygen atoms in total. The Balaban J connectivity index is 1.73. The fourth-order valence-corrected chi connectivity index (χ4v) is 2.65. The number of nitrogens with one attached hydrogen (secondary N) is 1. The van der Waals surface area contributed by atoms with Gasteiger partial charge in [0.2, 0.25) is 5.91 Å². The van der Waals surface area contributed by atoms with E-state index in [0.29, 0.717) is 12.4 Å². The number of amides is 1. The van der Waals surface area contributed by atoms with Gasteiger partial charge in [-0.05, 0) is 47.0 Å². The molecule has 0 aliphatic rings. The van der Waals surface area contributed by atoms with Gasteiger partial charge in [-0.2, -0.15) is 0 Å². The first kappa shape index (κ1) is 19.3. The lowest BCUT2D eigenvalue weighted by molar-refractivity contribution is -0.111. The van der Waals surface area contributed by atoms with Crippen molar-refractivity contribution in [1.82, 2.24) is 9.97 Å². The molecular formula is C22H22N4O2. The average molecular weight is 374 g/mol. The van der Waals surface area contributed by atoms with Crippen LogP contribution in [-0.4, -0.2) is 41.2 Å². The van der Waals surface area contributed by atoms with Gasteiger partial charge >= 0.3 is 0 Å². The Hall–Kier alpha value is -3.51. The lowest BCUT2D eigenvalue weighted by Gasteiger charge is -2.17. The fourth-order valence-electron chi connectivity index (χ4n) is 2.65. The quantitative estimate of drug-likeness (QED) is 0.621. The van der Waals surface area contributed by atoms with E-state index in [4.69, 9.17) is 5.11 Å². The molecule has 2 aromatic heterocycles. The summed E-state index contributed by atoms with van der Waals surface area (Å²) in [6.45, 7) is 0.562. The molecule has 1 aromatic carbocycles. The smallest absolute Gasteiger partial charge is 0.249 e. The van der Waals surface area contributed by atoms with Gasteiger partial charge in [0.25, 0.3) is 0 Å². The molecule has 0 aliphatic heterocycles. The summed E-state index contributed by atoms with van der Waals surface area (Å²) in [5, 5.41) is 11.9. The molecule has 0 bridgehead atoms. The Morgan fingerprint density at radius 1 is 1.07 bits per heavy atom. The molecule has 0 spiro atoms. The number of anilines is 2. The van der Waals surface area contributed by atoms with Gasteiger partial charge in [-0.3, -0.25) is 4.79 Å². The standard InChI is InChI=1S/C22H22N4O2/c1-26(13-14-27)21-16-19(10-12-24-21)18-9-11-23-20(15-18)25-22(28)8-7-17-5-3-2-4-6-17/h2-12,15-16,27H,13-14H2,1H3,(H,23,25,28). The van der Waals surface area contributed by atoms with Crippen LogP contribution in [0.2, 0.25) is 0 Å². The molecule has 142 valence electrons. The zero-order valence-corrected chi connectivity index (χ0v) is 15.6. The number of hydrogen-bond acceptors (Lipinski definition) is 5. The highest BCUT2D eigenvalue weighted by atomic mass is 16.3. The van der Waals surface area contributed by atoms with Crippen LogP contribution in [0.25, 0.3) is 17.2 Å². The molecule has 2 heterocycles. The molecule has 0 unspecified atom stereocenters. The van der Waals surface area contributed by atoms with Gasteiger partial charge in [0, 0.05) is 32.1 Å². The van der Waals surface area contributed by atoms with Crippen molar-refractivity contribution >= 4 is 23.6 Å². The van der Waals surface area contributed by atoms with E-state index in [-0.39, 0.29) is 12.5 Å². The number of likely N-dealkylation sites (N-methyl/N-ethyl adjacent to an activating group) is 1. The Morgan fingerprint density at radius 2 is 1.79 bits per heavy atom. The Labute approximate surface area is 164 Å². The zero-order valence-electron chi connectivity index (χ0n) is 15.6. The number of rotatable bonds is 7. The number of hydrogen-bond donors (Lipinski definition) is 2. The highest BCUT2D eigenvalue weighted by molar-refractivity contribution is 6.01. The minimum absolute atomic E-state index is 0.0599. The molecule has 6 heteroatoms. The van der Waals surface area contributed by atoms with E-state index in [1.54, 1.807) is 18.5 Å². The summed E-state index contributed by atoms with van der Waals surface area (Å²) in [6, 6.07) is 17.2. The van der Waals surface area contributed by atoms with Crippen molar-refractivity contribution < 1.29 is 9.90 Å². The SMILES string of the molecule is CN(CCO)c1cc(-c2ccnc(NC(=O)C=Cc3ccccc3)c2)ccn1. The number of benzene rings is 1. The molecule has 0 fully saturated rings. The second-order valence-corrected chi connectivity index (χ2v) is 6.21. The van der Waals surface area contributed by atoms with Crippen LogP contribution in [0.4, 0.5) is 11.6 Å². The summed E-state index contributed by atoms with van der Waals surface area (Å²) in [6.07, 6.45) is 6.62. The minimum Gasteiger partial charge on any atom is -0.395 e. The van der Waals surface area contributed by atoms with Gasteiger partial charge in [0.15, 0.2) is 0 Å². The van der Waals surface area contributed by atoms with E-state index in [0.717, 1.165) is 22.5 Å². The first-order valence-corrected chi connectivity index (χ1v) is 8.94. The fraction of sp³-hybridized carbons (Fsp3) is 0.136.